The summed E-state index contributed by atoms with van der Waals surface area (Å²) in [7, 11) is 1.97. The summed E-state index contributed by atoms with van der Waals surface area (Å²) in [5.41, 5.74) is 7.48. The van der Waals surface area contributed by atoms with Gasteiger partial charge in [-0.1, -0.05) is 53.6 Å². The zero-order valence-electron chi connectivity index (χ0n) is 18.6. The molecule has 1 aliphatic carbocycles. The minimum absolute atomic E-state index is 0.0753. The predicted molar refractivity (Wildman–Crippen MR) is 120 cm³/mol. The molecule has 0 bridgehead atoms. The van der Waals surface area contributed by atoms with Crippen LogP contribution in [0, 0.1) is 13.8 Å². The molecule has 2 heterocycles. The van der Waals surface area contributed by atoms with E-state index in [4.69, 9.17) is 4.74 Å². The Bertz CT molecular complexity index is 877. The van der Waals surface area contributed by atoms with Gasteiger partial charge in [0.1, 0.15) is 0 Å². The Balaban J connectivity index is 0.000000230. The maximum absolute atomic E-state index is 10.9. The summed E-state index contributed by atoms with van der Waals surface area (Å²) < 4.78 is 4.88. The lowest BCUT2D eigenvalue weighted by molar-refractivity contribution is -0.117. The first-order valence-corrected chi connectivity index (χ1v) is 11.3. The van der Waals surface area contributed by atoms with E-state index >= 15 is 0 Å². The van der Waals surface area contributed by atoms with Crippen LogP contribution < -0.4 is 0 Å². The second-order valence-corrected chi connectivity index (χ2v) is 8.97. The highest BCUT2D eigenvalue weighted by Gasteiger charge is 2.41. The number of unbranched alkanes of at least 4 members (excludes halogenated alkanes) is 1. The normalized spacial score (nSPS) is 21.7. The number of ether oxygens (including phenoxy) is 1. The largest absolute Gasteiger partial charge is 0.431 e. The Morgan fingerprint density at radius 3 is 2.33 bits per heavy atom. The van der Waals surface area contributed by atoms with E-state index in [-0.39, 0.29) is 12.2 Å². The first-order chi connectivity index (χ1) is 14.5. The summed E-state index contributed by atoms with van der Waals surface area (Å²) in [5, 5.41) is 0. The molecule has 0 N–H and O–H groups in total. The molecule has 5 rings (SSSR count). The number of carbonyl (C=O) groups is 1. The van der Waals surface area contributed by atoms with Crippen molar-refractivity contribution >= 4 is 5.97 Å². The second-order valence-electron chi connectivity index (χ2n) is 8.97. The second kappa shape index (κ2) is 9.32. The zero-order valence-corrected chi connectivity index (χ0v) is 18.6. The first kappa shape index (κ1) is 21.1. The van der Waals surface area contributed by atoms with E-state index in [1.54, 1.807) is 16.7 Å². The number of cyclic esters (lactones) is 1. The fourth-order valence-electron chi connectivity index (χ4n) is 4.97. The van der Waals surface area contributed by atoms with E-state index in [0.29, 0.717) is 6.04 Å². The maximum Gasteiger partial charge on any atom is 0.365 e. The fraction of sp³-hybridized carbons (Fsp3) is 0.500. The lowest BCUT2D eigenvalue weighted by atomic mass is 9.93. The van der Waals surface area contributed by atoms with Crippen molar-refractivity contribution < 1.29 is 9.53 Å². The van der Waals surface area contributed by atoms with Gasteiger partial charge in [0, 0.05) is 19.1 Å². The molecular weight excluding hydrogens is 372 g/mol. The van der Waals surface area contributed by atoms with Crippen molar-refractivity contribution in [1.82, 2.24) is 9.80 Å². The summed E-state index contributed by atoms with van der Waals surface area (Å²) in [6.45, 7) is 7.52. The lowest BCUT2D eigenvalue weighted by Gasteiger charge is -2.35. The number of benzene rings is 2. The molecule has 0 aromatic heterocycles. The predicted octanol–water partition coefficient (Wildman–Crippen LogP) is 4.43. The van der Waals surface area contributed by atoms with Gasteiger partial charge < -0.3 is 4.74 Å². The molecule has 0 radical (unpaired) electrons. The number of hydrogen-bond acceptors (Lipinski definition) is 4. The molecule has 2 aliphatic heterocycles. The molecule has 0 spiro atoms. The lowest BCUT2D eigenvalue weighted by Crippen LogP contribution is -2.35. The van der Waals surface area contributed by atoms with Gasteiger partial charge in [0.25, 0.3) is 6.23 Å². The van der Waals surface area contributed by atoms with Gasteiger partial charge in [-0.25, -0.2) is 4.79 Å². The van der Waals surface area contributed by atoms with Crippen molar-refractivity contribution in [2.24, 2.45) is 0 Å². The topological polar surface area (TPSA) is 36.1 Å². The van der Waals surface area contributed by atoms with Gasteiger partial charge in [-0.2, -0.15) is 0 Å². The van der Waals surface area contributed by atoms with Crippen LogP contribution in [0.25, 0.3) is 0 Å². The third kappa shape index (κ3) is 4.93. The standard InChI is InChI=1S/C18H24N2O2.C8H10/c1-19(17-18(21)22-17)10-2-3-11-20-12-9-14-6-4-5-13-7-8-15(20)16(13)14;1-7-4-3-5-8(2)6-7/h4-6,15,17H,2-3,7-12H2,1H3;3-6H,1-2H3. The van der Waals surface area contributed by atoms with Crippen molar-refractivity contribution in [3.63, 3.8) is 0 Å². The Morgan fingerprint density at radius 1 is 1.03 bits per heavy atom. The Labute approximate surface area is 180 Å². The van der Waals surface area contributed by atoms with Crippen LogP contribution in [0.2, 0.25) is 0 Å². The maximum atomic E-state index is 10.9. The molecular formula is C26H34N2O2. The van der Waals surface area contributed by atoms with Crippen LogP contribution in [0.5, 0.6) is 0 Å². The average Bonchev–Trinajstić information content (AvgIpc) is 3.30. The highest BCUT2D eigenvalue weighted by Crippen LogP contribution is 2.41. The van der Waals surface area contributed by atoms with Crippen LogP contribution in [0.3, 0.4) is 0 Å². The van der Waals surface area contributed by atoms with E-state index in [2.05, 4.69) is 61.2 Å². The van der Waals surface area contributed by atoms with Crippen LogP contribution in [-0.2, 0) is 22.4 Å². The van der Waals surface area contributed by atoms with Crippen molar-refractivity contribution in [2.75, 3.05) is 26.7 Å². The number of likely N-dealkylation sites (N-methyl/N-ethyl adjacent to an activating group) is 1. The smallest absolute Gasteiger partial charge is 0.365 e. The van der Waals surface area contributed by atoms with E-state index < -0.39 is 0 Å². The zero-order chi connectivity index (χ0) is 21.1. The first-order valence-electron chi connectivity index (χ1n) is 11.3. The van der Waals surface area contributed by atoms with Crippen LogP contribution in [0.4, 0.5) is 0 Å². The molecule has 4 heteroatoms. The number of epoxide rings is 1. The van der Waals surface area contributed by atoms with Crippen molar-refractivity contribution in [1.29, 1.82) is 0 Å². The monoisotopic (exact) mass is 406 g/mol. The molecule has 160 valence electrons. The van der Waals surface area contributed by atoms with Crippen LogP contribution in [0.1, 0.15) is 53.1 Å². The van der Waals surface area contributed by atoms with Gasteiger partial charge in [-0.15, -0.1) is 0 Å². The third-order valence-electron chi connectivity index (χ3n) is 6.57. The molecule has 2 atom stereocenters. The third-order valence-corrected chi connectivity index (χ3v) is 6.57. The molecule has 2 unspecified atom stereocenters. The molecule has 0 saturated carbocycles. The number of hydrogen-bond donors (Lipinski definition) is 0. The number of carbonyl (C=O) groups excluding carboxylic acids is 1. The molecule has 2 aromatic carbocycles. The average molecular weight is 407 g/mol. The Kier molecular flexibility index (Phi) is 6.55. The van der Waals surface area contributed by atoms with Crippen LogP contribution in [0.15, 0.2) is 42.5 Å². The minimum Gasteiger partial charge on any atom is -0.431 e. The quantitative estimate of drug-likeness (QED) is 0.525. The summed E-state index contributed by atoms with van der Waals surface area (Å²) >= 11 is 0. The van der Waals surface area contributed by atoms with Gasteiger partial charge in [-0.3, -0.25) is 9.80 Å². The van der Waals surface area contributed by atoms with Crippen molar-refractivity contribution in [3.05, 3.63) is 70.3 Å². The van der Waals surface area contributed by atoms with E-state index in [0.717, 1.165) is 13.0 Å². The number of nitrogens with zero attached hydrogens (tertiary/aromatic N) is 2. The minimum atomic E-state index is -0.251. The molecule has 1 saturated heterocycles. The summed E-state index contributed by atoms with van der Waals surface area (Å²) in [6, 6.07) is 16.0. The van der Waals surface area contributed by atoms with E-state index in [1.165, 1.54) is 49.9 Å². The summed E-state index contributed by atoms with van der Waals surface area (Å²) in [5.74, 6) is -0.0753. The van der Waals surface area contributed by atoms with Gasteiger partial charge in [0.2, 0.25) is 0 Å². The molecule has 3 aliphatic rings. The van der Waals surface area contributed by atoms with E-state index in [1.807, 2.05) is 11.9 Å². The molecule has 30 heavy (non-hydrogen) atoms. The van der Waals surface area contributed by atoms with Gasteiger partial charge in [0.05, 0.1) is 0 Å². The van der Waals surface area contributed by atoms with Gasteiger partial charge in [-0.05, 0) is 76.2 Å². The van der Waals surface area contributed by atoms with Gasteiger partial charge in [0.15, 0.2) is 0 Å². The highest BCUT2D eigenvalue weighted by molar-refractivity contribution is 5.86. The Hall–Kier alpha value is -2.17. The number of aryl methyl sites for hydroxylation is 3. The fourth-order valence-corrected chi connectivity index (χ4v) is 4.97. The SMILES string of the molecule is CN(CCCCN1CCc2cccc3c2C1CC3)C1OC1=O.Cc1cccc(C)c1. The molecule has 4 nitrogen and oxygen atoms in total. The van der Waals surface area contributed by atoms with Gasteiger partial charge >= 0.3 is 5.97 Å². The van der Waals surface area contributed by atoms with Crippen LogP contribution >= 0.6 is 0 Å². The van der Waals surface area contributed by atoms with Crippen molar-refractivity contribution in [3.8, 4) is 0 Å². The number of rotatable bonds is 6. The molecule has 0 amide bonds. The summed E-state index contributed by atoms with van der Waals surface area (Å²) in [4.78, 5) is 15.6. The molecule has 2 aromatic rings. The Morgan fingerprint density at radius 2 is 1.70 bits per heavy atom. The summed E-state index contributed by atoms with van der Waals surface area (Å²) in [6.07, 6.45) is 5.80. The van der Waals surface area contributed by atoms with E-state index in [9.17, 15) is 4.79 Å². The van der Waals surface area contributed by atoms with Crippen molar-refractivity contribution in [2.45, 2.75) is 58.2 Å². The van der Waals surface area contributed by atoms with Crippen LogP contribution in [-0.4, -0.2) is 48.7 Å². The molecule has 1 fully saturated rings. The highest BCUT2D eigenvalue weighted by atomic mass is 16.7.